The number of nitrogens with zero attached hydrogens (tertiary/aromatic N) is 2. The highest BCUT2D eigenvalue weighted by molar-refractivity contribution is 6.32. The van der Waals surface area contributed by atoms with Gasteiger partial charge in [-0.1, -0.05) is 31.5 Å². The third-order valence-electron chi connectivity index (χ3n) is 3.37. The van der Waals surface area contributed by atoms with Crippen LogP contribution in [-0.2, 0) is 6.54 Å². The second kappa shape index (κ2) is 4.86. The highest BCUT2D eigenvalue weighted by atomic mass is 35.5. The van der Waals surface area contributed by atoms with Crippen molar-refractivity contribution < 1.29 is 4.92 Å². The fourth-order valence-electron chi connectivity index (χ4n) is 2.41. The Labute approximate surface area is 112 Å². The van der Waals surface area contributed by atoms with Crippen molar-refractivity contribution in [2.75, 3.05) is 13.1 Å². The van der Waals surface area contributed by atoms with Gasteiger partial charge in [0.15, 0.2) is 0 Å². The van der Waals surface area contributed by atoms with E-state index in [4.69, 9.17) is 11.6 Å². The molecule has 2 rings (SSSR count). The topological polar surface area (TPSA) is 46.4 Å². The summed E-state index contributed by atoms with van der Waals surface area (Å²) in [6.07, 6.45) is 1.17. The van der Waals surface area contributed by atoms with Gasteiger partial charge >= 0.3 is 0 Å². The molecule has 98 valence electrons. The number of hydrogen-bond acceptors (Lipinski definition) is 3. The van der Waals surface area contributed by atoms with Crippen molar-refractivity contribution in [2.45, 2.75) is 26.8 Å². The molecule has 0 N–H and O–H groups in total. The van der Waals surface area contributed by atoms with Crippen molar-refractivity contribution in [2.24, 2.45) is 5.41 Å². The van der Waals surface area contributed by atoms with Crippen LogP contribution in [-0.4, -0.2) is 22.9 Å². The molecule has 1 aromatic rings. The minimum absolute atomic E-state index is 0.00683. The van der Waals surface area contributed by atoms with Gasteiger partial charge in [-0.25, -0.2) is 0 Å². The van der Waals surface area contributed by atoms with Gasteiger partial charge < -0.3 is 0 Å². The fourth-order valence-corrected chi connectivity index (χ4v) is 2.60. The molecule has 0 amide bonds. The Morgan fingerprint density at radius 2 is 2.22 bits per heavy atom. The summed E-state index contributed by atoms with van der Waals surface area (Å²) in [4.78, 5) is 12.7. The lowest BCUT2D eigenvalue weighted by atomic mass is 9.93. The van der Waals surface area contributed by atoms with E-state index in [2.05, 4.69) is 18.7 Å². The maximum Gasteiger partial charge on any atom is 0.288 e. The highest BCUT2D eigenvalue weighted by Crippen LogP contribution is 2.31. The van der Waals surface area contributed by atoms with Gasteiger partial charge in [0.25, 0.3) is 5.69 Å². The Kier molecular flexibility index (Phi) is 3.59. The molecular weight excluding hydrogens is 252 g/mol. The third-order valence-corrected chi connectivity index (χ3v) is 3.69. The minimum atomic E-state index is -0.431. The Morgan fingerprint density at radius 1 is 1.50 bits per heavy atom. The van der Waals surface area contributed by atoms with Gasteiger partial charge in [0.2, 0.25) is 0 Å². The van der Waals surface area contributed by atoms with Crippen LogP contribution in [0.5, 0.6) is 0 Å². The van der Waals surface area contributed by atoms with Crippen molar-refractivity contribution in [3.8, 4) is 0 Å². The minimum Gasteiger partial charge on any atom is -0.299 e. The molecule has 18 heavy (non-hydrogen) atoms. The second-order valence-corrected chi connectivity index (χ2v) is 6.07. The van der Waals surface area contributed by atoms with Crippen molar-refractivity contribution in [1.82, 2.24) is 4.90 Å². The Morgan fingerprint density at radius 3 is 2.78 bits per heavy atom. The second-order valence-electron chi connectivity index (χ2n) is 5.67. The molecule has 0 bridgehead atoms. The molecule has 1 saturated heterocycles. The summed E-state index contributed by atoms with van der Waals surface area (Å²) in [6, 6.07) is 5.05. The lowest BCUT2D eigenvalue weighted by Crippen LogP contribution is -2.22. The van der Waals surface area contributed by atoms with Gasteiger partial charge in [-0.05, 0) is 30.0 Å². The summed E-state index contributed by atoms with van der Waals surface area (Å²) >= 11 is 5.80. The largest absolute Gasteiger partial charge is 0.299 e. The molecule has 0 aliphatic carbocycles. The van der Waals surface area contributed by atoms with E-state index in [9.17, 15) is 10.1 Å². The molecule has 4 nitrogen and oxygen atoms in total. The van der Waals surface area contributed by atoms with Crippen LogP contribution in [0.3, 0.4) is 0 Å². The van der Waals surface area contributed by atoms with Crippen molar-refractivity contribution in [1.29, 1.82) is 0 Å². The lowest BCUT2D eigenvalue weighted by molar-refractivity contribution is -0.384. The van der Waals surface area contributed by atoms with E-state index in [-0.39, 0.29) is 10.7 Å². The zero-order chi connectivity index (χ0) is 13.3. The van der Waals surface area contributed by atoms with Crippen LogP contribution in [0.25, 0.3) is 0 Å². The zero-order valence-corrected chi connectivity index (χ0v) is 11.4. The van der Waals surface area contributed by atoms with Crippen molar-refractivity contribution >= 4 is 17.3 Å². The average molecular weight is 269 g/mol. The summed E-state index contributed by atoms with van der Waals surface area (Å²) in [6.45, 7) is 7.32. The van der Waals surface area contributed by atoms with Crippen LogP contribution in [0.1, 0.15) is 25.8 Å². The molecular formula is C13H17ClN2O2. The summed E-state index contributed by atoms with van der Waals surface area (Å²) < 4.78 is 0. The number of nitro groups is 1. The number of rotatable bonds is 3. The fraction of sp³-hybridized carbons (Fsp3) is 0.538. The number of hydrogen-bond donors (Lipinski definition) is 0. The van der Waals surface area contributed by atoms with Crippen LogP contribution >= 0.6 is 11.6 Å². The van der Waals surface area contributed by atoms with E-state index in [0.717, 1.165) is 25.2 Å². The standard InChI is InChI=1S/C13H17ClN2O2/c1-13(2)5-6-15(9-13)8-10-3-4-11(14)12(7-10)16(17)18/h3-4,7H,5-6,8-9H2,1-2H3. The zero-order valence-electron chi connectivity index (χ0n) is 10.6. The molecule has 1 aliphatic rings. The molecule has 0 saturated carbocycles. The number of likely N-dealkylation sites (tertiary alicyclic amines) is 1. The molecule has 0 unspecified atom stereocenters. The first-order valence-corrected chi connectivity index (χ1v) is 6.40. The van der Waals surface area contributed by atoms with Crippen LogP contribution < -0.4 is 0 Å². The Hall–Kier alpha value is -1.13. The van der Waals surface area contributed by atoms with Crippen LogP contribution in [0.4, 0.5) is 5.69 Å². The first kappa shape index (κ1) is 13.3. The molecule has 0 spiro atoms. The maximum atomic E-state index is 10.8. The van der Waals surface area contributed by atoms with Gasteiger partial charge in [0.1, 0.15) is 5.02 Å². The van der Waals surface area contributed by atoms with E-state index >= 15 is 0 Å². The molecule has 5 heteroatoms. The molecule has 0 atom stereocenters. The van der Waals surface area contributed by atoms with E-state index in [0.29, 0.717) is 5.41 Å². The average Bonchev–Trinajstić information content (AvgIpc) is 2.60. The summed E-state index contributed by atoms with van der Waals surface area (Å²) in [5, 5.41) is 11.0. The molecule has 1 aliphatic heterocycles. The van der Waals surface area contributed by atoms with Crippen molar-refractivity contribution in [3.63, 3.8) is 0 Å². The van der Waals surface area contributed by atoms with Crippen LogP contribution in [0.15, 0.2) is 18.2 Å². The Balaban J connectivity index is 2.11. The van der Waals surface area contributed by atoms with E-state index in [1.54, 1.807) is 12.1 Å². The molecule has 0 radical (unpaired) electrons. The summed E-state index contributed by atoms with van der Waals surface area (Å²) in [5.74, 6) is 0. The van der Waals surface area contributed by atoms with E-state index in [1.807, 2.05) is 6.07 Å². The monoisotopic (exact) mass is 268 g/mol. The predicted molar refractivity (Wildman–Crippen MR) is 71.8 cm³/mol. The normalized spacial score (nSPS) is 19.1. The highest BCUT2D eigenvalue weighted by Gasteiger charge is 2.29. The molecule has 1 aromatic carbocycles. The maximum absolute atomic E-state index is 10.8. The van der Waals surface area contributed by atoms with Crippen LogP contribution in [0.2, 0.25) is 5.02 Å². The molecule has 0 aromatic heterocycles. The molecule has 1 heterocycles. The van der Waals surface area contributed by atoms with Gasteiger partial charge in [-0.2, -0.15) is 0 Å². The Bertz CT molecular complexity index is 474. The first-order chi connectivity index (χ1) is 8.37. The quantitative estimate of drug-likeness (QED) is 0.623. The van der Waals surface area contributed by atoms with Crippen molar-refractivity contribution in [3.05, 3.63) is 38.9 Å². The van der Waals surface area contributed by atoms with E-state index in [1.165, 1.54) is 6.42 Å². The van der Waals surface area contributed by atoms with Gasteiger partial charge in [-0.3, -0.25) is 15.0 Å². The van der Waals surface area contributed by atoms with Gasteiger partial charge in [0, 0.05) is 19.2 Å². The van der Waals surface area contributed by atoms with Gasteiger partial charge in [-0.15, -0.1) is 0 Å². The first-order valence-electron chi connectivity index (χ1n) is 6.03. The van der Waals surface area contributed by atoms with E-state index < -0.39 is 4.92 Å². The predicted octanol–water partition coefficient (Wildman–Crippen LogP) is 3.48. The molecule has 1 fully saturated rings. The smallest absolute Gasteiger partial charge is 0.288 e. The third kappa shape index (κ3) is 3.00. The summed E-state index contributed by atoms with van der Waals surface area (Å²) in [7, 11) is 0. The SMILES string of the molecule is CC1(C)CCN(Cc2ccc(Cl)c([N+](=O)[O-])c2)C1. The summed E-state index contributed by atoms with van der Waals surface area (Å²) in [5.41, 5.74) is 1.29. The number of benzene rings is 1. The number of halogens is 1. The van der Waals surface area contributed by atoms with Gasteiger partial charge in [0.05, 0.1) is 4.92 Å². The number of nitro benzene ring substituents is 1. The van der Waals surface area contributed by atoms with Crippen LogP contribution in [0, 0.1) is 15.5 Å². The lowest BCUT2D eigenvalue weighted by Gasteiger charge is -2.19.